The van der Waals surface area contributed by atoms with Crippen LogP contribution in [0.15, 0.2) is 95.4 Å². The maximum Gasteiger partial charge on any atom is 0.249 e. The molecule has 1 heterocycles. The third-order valence-electron chi connectivity index (χ3n) is 7.74. The first-order chi connectivity index (χ1) is 20.2. The van der Waals surface area contributed by atoms with Crippen LogP contribution in [0.5, 0.6) is 0 Å². The van der Waals surface area contributed by atoms with Crippen LogP contribution in [0.25, 0.3) is 0 Å². The van der Waals surface area contributed by atoms with E-state index in [1.54, 1.807) is 61.5 Å². The maximum atomic E-state index is 14.6. The van der Waals surface area contributed by atoms with Crippen LogP contribution in [0.1, 0.15) is 56.8 Å². The van der Waals surface area contributed by atoms with Gasteiger partial charge in [-0.2, -0.15) is 4.31 Å². The Kier molecular flexibility index (Phi) is 9.84. The summed E-state index contributed by atoms with van der Waals surface area (Å²) in [5, 5.41) is 3.31. The number of carbonyl (C=O) groups excluding carboxylic acids is 2. The smallest absolute Gasteiger partial charge is 0.249 e. The Bertz CT molecular complexity index is 1600. The van der Waals surface area contributed by atoms with E-state index in [1.165, 1.54) is 4.31 Å². The minimum Gasteiger partial charge on any atom is -0.368 e. The van der Waals surface area contributed by atoms with Gasteiger partial charge in [-0.05, 0) is 59.6 Å². The number of halogens is 1. The highest BCUT2D eigenvalue weighted by atomic mass is 35.5. The van der Waals surface area contributed by atoms with Crippen LogP contribution in [0, 0.1) is 18.3 Å². The Balaban J connectivity index is 1.85. The van der Waals surface area contributed by atoms with Gasteiger partial charge < -0.3 is 11.1 Å². The van der Waals surface area contributed by atoms with Gasteiger partial charge in [-0.1, -0.05) is 106 Å². The van der Waals surface area contributed by atoms with Gasteiger partial charge in [0.1, 0.15) is 6.04 Å². The number of hydrogen-bond acceptors (Lipinski definition) is 4. The van der Waals surface area contributed by atoms with Gasteiger partial charge in [0.25, 0.3) is 0 Å². The molecule has 4 rings (SSSR count). The summed E-state index contributed by atoms with van der Waals surface area (Å²) < 4.78 is 30.6. The minimum atomic E-state index is -4.11. The van der Waals surface area contributed by atoms with Crippen molar-refractivity contribution in [3.63, 3.8) is 0 Å². The predicted octanol–water partition coefficient (Wildman–Crippen LogP) is 5.97. The Hall–Kier alpha value is -3.46. The van der Waals surface area contributed by atoms with Crippen molar-refractivity contribution in [3.05, 3.63) is 112 Å². The van der Waals surface area contributed by atoms with Crippen LogP contribution in [-0.2, 0) is 26.0 Å². The molecule has 0 aromatic heterocycles. The van der Waals surface area contributed by atoms with Gasteiger partial charge in [0.2, 0.25) is 21.8 Å². The topological polar surface area (TPSA) is 110 Å². The zero-order chi connectivity index (χ0) is 31.5. The van der Waals surface area contributed by atoms with Gasteiger partial charge in [0.05, 0.1) is 10.9 Å². The Morgan fingerprint density at radius 1 is 0.977 bits per heavy atom. The molecular weight excluding hydrogens is 582 g/mol. The highest BCUT2D eigenvalue weighted by Gasteiger charge is 2.48. The Labute approximate surface area is 260 Å². The average Bonchev–Trinajstić information content (AvgIpc) is 3.35. The molecule has 0 saturated carbocycles. The standard InChI is InChI=1S/C34H40ClN3O4S/c1-22-11-9-10-14-30(22)43(41,42)38-29(23(2)21-34(3,4)5)20-27(31(38)25-15-17-26(35)18-16-25)33(40)37-28(32(36)39)19-24-12-7-6-8-13-24/h6-18,20,23,28-29,31H,19,21H2,1-5H3,(H2,36,39)(H,37,40)/t23?,28-,29-,31-/m0/s1. The van der Waals surface area contributed by atoms with Gasteiger partial charge in [-0.15, -0.1) is 0 Å². The van der Waals surface area contributed by atoms with Crippen molar-refractivity contribution < 1.29 is 18.0 Å². The summed E-state index contributed by atoms with van der Waals surface area (Å²) in [4.78, 5) is 26.8. The van der Waals surface area contributed by atoms with Gasteiger partial charge in [0.15, 0.2) is 0 Å². The summed E-state index contributed by atoms with van der Waals surface area (Å²) in [7, 11) is -4.11. The second kappa shape index (κ2) is 13.0. The number of hydrogen-bond donors (Lipinski definition) is 2. The Morgan fingerprint density at radius 3 is 2.16 bits per heavy atom. The molecule has 1 unspecified atom stereocenters. The molecule has 2 amide bonds. The molecule has 4 atom stereocenters. The summed E-state index contributed by atoms with van der Waals surface area (Å²) in [6.45, 7) is 10.1. The highest BCUT2D eigenvalue weighted by molar-refractivity contribution is 7.89. The zero-order valence-corrected chi connectivity index (χ0v) is 26.8. The van der Waals surface area contributed by atoms with E-state index < -0.39 is 40.0 Å². The minimum absolute atomic E-state index is 0.0983. The number of sulfonamides is 1. The van der Waals surface area contributed by atoms with Crippen molar-refractivity contribution in [2.24, 2.45) is 17.1 Å². The fourth-order valence-electron chi connectivity index (χ4n) is 5.90. The van der Waals surface area contributed by atoms with E-state index in [0.717, 1.165) is 5.56 Å². The van der Waals surface area contributed by atoms with Gasteiger partial charge in [-0.25, -0.2) is 8.42 Å². The van der Waals surface area contributed by atoms with Crippen molar-refractivity contribution in [1.82, 2.24) is 9.62 Å². The van der Waals surface area contributed by atoms with E-state index in [9.17, 15) is 18.0 Å². The first-order valence-electron chi connectivity index (χ1n) is 14.4. The molecule has 1 aliphatic rings. The number of nitrogens with one attached hydrogen (secondary N) is 1. The SMILES string of the molecule is Cc1ccccc1S(=O)(=O)N1[C@@H](c2ccc(Cl)cc2)C(C(=O)N[C@@H](Cc2ccccc2)C(N)=O)=C[C@H]1C(C)CC(C)(C)C. The molecule has 9 heteroatoms. The number of carbonyl (C=O) groups is 2. The van der Waals surface area contributed by atoms with Gasteiger partial charge in [0, 0.05) is 23.1 Å². The molecule has 3 N–H and O–H groups in total. The van der Waals surface area contributed by atoms with Gasteiger partial charge in [-0.3, -0.25) is 9.59 Å². The molecule has 0 fully saturated rings. The summed E-state index contributed by atoms with van der Waals surface area (Å²) >= 11 is 6.22. The number of rotatable bonds is 10. The van der Waals surface area contributed by atoms with E-state index in [4.69, 9.17) is 17.3 Å². The predicted molar refractivity (Wildman–Crippen MR) is 171 cm³/mol. The van der Waals surface area contributed by atoms with Crippen LogP contribution in [-0.4, -0.2) is 36.6 Å². The molecule has 0 saturated heterocycles. The lowest BCUT2D eigenvalue weighted by Gasteiger charge is -2.36. The third kappa shape index (κ3) is 7.55. The zero-order valence-electron chi connectivity index (χ0n) is 25.3. The molecule has 1 aliphatic heterocycles. The lowest BCUT2D eigenvalue weighted by atomic mass is 9.82. The second-order valence-electron chi connectivity index (χ2n) is 12.5. The largest absolute Gasteiger partial charge is 0.368 e. The van der Waals surface area contributed by atoms with Crippen molar-refractivity contribution in [3.8, 4) is 0 Å². The van der Waals surface area contributed by atoms with E-state index in [-0.39, 0.29) is 28.2 Å². The van der Waals surface area contributed by atoms with Crippen LogP contribution >= 0.6 is 11.6 Å². The van der Waals surface area contributed by atoms with Crippen LogP contribution in [0.2, 0.25) is 5.02 Å². The lowest BCUT2D eigenvalue weighted by molar-refractivity contribution is -0.125. The van der Waals surface area contributed by atoms with Crippen molar-refractivity contribution >= 4 is 33.4 Å². The number of amides is 2. The van der Waals surface area contributed by atoms with Gasteiger partial charge >= 0.3 is 0 Å². The first kappa shape index (κ1) is 32.5. The molecule has 0 radical (unpaired) electrons. The quantitative estimate of drug-likeness (QED) is 0.290. The molecule has 43 heavy (non-hydrogen) atoms. The maximum absolute atomic E-state index is 14.6. The molecule has 0 bridgehead atoms. The summed E-state index contributed by atoms with van der Waals surface area (Å²) in [5.74, 6) is -1.37. The van der Waals surface area contributed by atoms with E-state index >= 15 is 0 Å². The highest BCUT2D eigenvalue weighted by Crippen LogP contribution is 2.45. The molecule has 7 nitrogen and oxygen atoms in total. The molecule has 0 aliphatic carbocycles. The van der Waals surface area contributed by atoms with E-state index in [0.29, 0.717) is 22.6 Å². The summed E-state index contributed by atoms with van der Waals surface area (Å²) in [5.41, 5.74) is 7.91. The molecular formula is C34H40ClN3O4S. The third-order valence-corrected chi connectivity index (χ3v) is 10.0. The number of primary amides is 1. The van der Waals surface area contributed by atoms with E-state index in [2.05, 4.69) is 26.1 Å². The molecule has 0 spiro atoms. The lowest BCUT2D eigenvalue weighted by Crippen LogP contribution is -2.47. The monoisotopic (exact) mass is 621 g/mol. The number of aryl methyl sites for hydroxylation is 1. The fourth-order valence-corrected chi connectivity index (χ4v) is 8.08. The van der Waals surface area contributed by atoms with E-state index in [1.807, 2.05) is 37.3 Å². The normalized spacial score (nSPS) is 19.0. The summed E-state index contributed by atoms with van der Waals surface area (Å²) in [6.07, 6.45) is 2.66. The number of nitrogens with two attached hydrogens (primary N) is 1. The first-order valence-corrected chi connectivity index (χ1v) is 16.2. The molecule has 3 aromatic carbocycles. The average molecular weight is 622 g/mol. The van der Waals surface area contributed by atoms with Crippen molar-refractivity contribution in [1.29, 1.82) is 0 Å². The summed E-state index contributed by atoms with van der Waals surface area (Å²) in [6, 6.07) is 20.4. The number of benzene rings is 3. The van der Waals surface area contributed by atoms with Crippen LogP contribution < -0.4 is 11.1 Å². The second-order valence-corrected chi connectivity index (χ2v) is 14.8. The van der Waals surface area contributed by atoms with Crippen molar-refractivity contribution in [2.75, 3.05) is 0 Å². The molecule has 228 valence electrons. The van der Waals surface area contributed by atoms with Crippen molar-refractivity contribution in [2.45, 2.75) is 70.5 Å². The van der Waals surface area contributed by atoms with Crippen LogP contribution in [0.4, 0.5) is 0 Å². The molecule has 3 aromatic rings. The Morgan fingerprint density at radius 2 is 1.58 bits per heavy atom. The fraction of sp³-hybridized carbons (Fsp3) is 0.353. The number of nitrogens with zero attached hydrogens (tertiary/aromatic N) is 1. The van der Waals surface area contributed by atoms with Crippen LogP contribution in [0.3, 0.4) is 0 Å².